The van der Waals surface area contributed by atoms with E-state index in [2.05, 4.69) is 25.6 Å². The standard InChI is InChI=1S/C14H27NS/c1-10(2)11-7-8-13(15)14(9-11)16-12-5-3-4-6-12/h10-14H,3-9,15H2,1-2H3. The number of nitrogens with two attached hydrogens (primary N) is 1. The Morgan fingerprint density at radius 3 is 2.38 bits per heavy atom. The van der Waals surface area contributed by atoms with Crippen molar-refractivity contribution in [3.05, 3.63) is 0 Å². The van der Waals surface area contributed by atoms with Crippen LogP contribution in [0, 0.1) is 11.8 Å². The molecule has 16 heavy (non-hydrogen) atoms. The molecule has 0 radical (unpaired) electrons. The quantitative estimate of drug-likeness (QED) is 0.813. The summed E-state index contributed by atoms with van der Waals surface area (Å²) in [5.74, 6) is 1.78. The van der Waals surface area contributed by atoms with Gasteiger partial charge in [0.15, 0.2) is 0 Å². The molecular formula is C14H27NS. The molecule has 0 aromatic heterocycles. The van der Waals surface area contributed by atoms with E-state index in [1.807, 2.05) is 0 Å². The first kappa shape index (κ1) is 12.8. The lowest BCUT2D eigenvalue weighted by Crippen LogP contribution is -2.40. The molecule has 0 aromatic rings. The lowest BCUT2D eigenvalue weighted by atomic mass is 9.79. The number of rotatable bonds is 3. The first-order valence-electron chi connectivity index (χ1n) is 7.08. The van der Waals surface area contributed by atoms with Gasteiger partial charge in [-0.3, -0.25) is 0 Å². The average molecular weight is 241 g/mol. The minimum atomic E-state index is 0.473. The van der Waals surface area contributed by atoms with Crippen LogP contribution in [-0.2, 0) is 0 Å². The lowest BCUT2D eigenvalue weighted by molar-refractivity contribution is 0.266. The Balaban J connectivity index is 1.85. The van der Waals surface area contributed by atoms with Gasteiger partial charge in [-0.15, -0.1) is 0 Å². The first-order chi connectivity index (χ1) is 7.66. The monoisotopic (exact) mass is 241 g/mol. The Morgan fingerprint density at radius 1 is 1.06 bits per heavy atom. The van der Waals surface area contributed by atoms with Gasteiger partial charge in [0, 0.05) is 16.5 Å². The molecule has 2 N–H and O–H groups in total. The summed E-state index contributed by atoms with van der Waals surface area (Å²) in [7, 11) is 0. The van der Waals surface area contributed by atoms with Crippen LogP contribution in [0.2, 0.25) is 0 Å². The Hall–Kier alpha value is 0.310. The highest BCUT2D eigenvalue weighted by atomic mass is 32.2. The number of thioether (sulfide) groups is 1. The van der Waals surface area contributed by atoms with Crippen molar-refractivity contribution >= 4 is 11.8 Å². The SMILES string of the molecule is CC(C)C1CCC(N)C(SC2CCCC2)C1. The van der Waals surface area contributed by atoms with Gasteiger partial charge < -0.3 is 5.73 Å². The van der Waals surface area contributed by atoms with Crippen molar-refractivity contribution in [3.63, 3.8) is 0 Å². The third-order valence-corrected chi connectivity index (χ3v) is 6.24. The van der Waals surface area contributed by atoms with Crippen molar-refractivity contribution in [2.45, 2.75) is 75.3 Å². The van der Waals surface area contributed by atoms with E-state index in [-0.39, 0.29) is 0 Å². The fraction of sp³-hybridized carbons (Fsp3) is 1.00. The van der Waals surface area contributed by atoms with Crippen molar-refractivity contribution in [2.24, 2.45) is 17.6 Å². The summed E-state index contributed by atoms with van der Waals surface area (Å²) in [6.07, 6.45) is 9.79. The van der Waals surface area contributed by atoms with Crippen LogP contribution in [0.15, 0.2) is 0 Å². The Morgan fingerprint density at radius 2 is 1.75 bits per heavy atom. The van der Waals surface area contributed by atoms with Crippen molar-refractivity contribution in [1.29, 1.82) is 0 Å². The zero-order valence-electron chi connectivity index (χ0n) is 10.8. The van der Waals surface area contributed by atoms with E-state index >= 15 is 0 Å². The normalized spacial score (nSPS) is 37.1. The van der Waals surface area contributed by atoms with Crippen LogP contribution >= 0.6 is 11.8 Å². The van der Waals surface area contributed by atoms with Crippen molar-refractivity contribution in [2.75, 3.05) is 0 Å². The predicted molar refractivity (Wildman–Crippen MR) is 73.8 cm³/mol. The van der Waals surface area contributed by atoms with Crippen LogP contribution in [0.3, 0.4) is 0 Å². The molecule has 0 aliphatic heterocycles. The Kier molecular flexibility index (Phi) is 4.60. The summed E-state index contributed by atoms with van der Waals surface area (Å²) in [5.41, 5.74) is 6.30. The lowest BCUT2D eigenvalue weighted by Gasteiger charge is -2.36. The smallest absolute Gasteiger partial charge is 0.0204 e. The maximum Gasteiger partial charge on any atom is 0.0204 e. The van der Waals surface area contributed by atoms with Crippen LogP contribution in [0.1, 0.15) is 58.8 Å². The van der Waals surface area contributed by atoms with Crippen LogP contribution in [0.5, 0.6) is 0 Å². The van der Waals surface area contributed by atoms with E-state index in [0.29, 0.717) is 6.04 Å². The van der Waals surface area contributed by atoms with E-state index in [9.17, 15) is 0 Å². The average Bonchev–Trinajstić information content (AvgIpc) is 2.73. The van der Waals surface area contributed by atoms with Crippen LogP contribution in [0.25, 0.3) is 0 Å². The van der Waals surface area contributed by atoms with Crippen molar-refractivity contribution < 1.29 is 0 Å². The molecule has 0 heterocycles. The second kappa shape index (κ2) is 5.77. The van der Waals surface area contributed by atoms with E-state index in [1.165, 1.54) is 44.9 Å². The van der Waals surface area contributed by atoms with Crippen LogP contribution in [-0.4, -0.2) is 16.5 Å². The molecule has 3 atom stereocenters. The van der Waals surface area contributed by atoms with Gasteiger partial charge in [0.1, 0.15) is 0 Å². The molecule has 2 saturated carbocycles. The van der Waals surface area contributed by atoms with Gasteiger partial charge in [-0.2, -0.15) is 11.8 Å². The predicted octanol–water partition coefficient (Wildman–Crippen LogP) is 3.81. The summed E-state index contributed by atoms with van der Waals surface area (Å²) in [6.45, 7) is 4.75. The zero-order valence-corrected chi connectivity index (χ0v) is 11.6. The topological polar surface area (TPSA) is 26.0 Å². The van der Waals surface area contributed by atoms with E-state index in [4.69, 9.17) is 5.73 Å². The molecule has 2 fully saturated rings. The molecule has 3 unspecified atom stereocenters. The van der Waals surface area contributed by atoms with Gasteiger partial charge in [0.2, 0.25) is 0 Å². The highest BCUT2D eigenvalue weighted by molar-refractivity contribution is 8.00. The second-order valence-electron chi connectivity index (χ2n) is 6.06. The summed E-state index contributed by atoms with van der Waals surface area (Å²) in [6, 6.07) is 0.473. The third kappa shape index (κ3) is 3.16. The summed E-state index contributed by atoms with van der Waals surface area (Å²) in [5, 5.41) is 1.69. The molecule has 0 aromatic carbocycles. The molecule has 94 valence electrons. The molecule has 0 saturated heterocycles. The maximum absolute atomic E-state index is 6.30. The molecule has 2 aliphatic carbocycles. The minimum absolute atomic E-state index is 0.473. The first-order valence-corrected chi connectivity index (χ1v) is 8.02. The molecule has 2 heteroatoms. The summed E-state index contributed by atoms with van der Waals surface area (Å²) >= 11 is 2.23. The van der Waals surface area contributed by atoms with Crippen molar-refractivity contribution in [1.82, 2.24) is 0 Å². The Labute approximate surface area is 105 Å². The molecule has 0 bridgehead atoms. The third-order valence-electron chi connectivity index (χ3n) is 4.50. The zero-order chi connectivity index (χ0) is 11.5. The van der Waals surface area contributed by atoms with Crippen LogP contribution < -0.4 is 5.73 Å². The molecule has 2 aliphatic rings. The fourth-order valence-electron chi connectivity index (χ4n) is 3.22. The van der Waals surface area contributed by atoms with Crippen molar-refractivity contribution in [3.8, 4) is 0 Å². The van der Waals surface area contributed by atoms with Crippen LogP contribution in [0.4, 0.5) is 0 Å². The van der Waals surface area contributed by atoms with Gasteiger partial charge >= 0.3 is 0 Å². The highest BCUT2D eigenvalue weighted by Crippen LogP contribution is 2.40. The second-order valence-corrected chi connectivity index (χ2v) is 7.61. The highest BCUT2D eigenvalue weighted by Gasteiger charge is 2.32. The number of hydrogen-bond acceptors (Lipinski definition) is 2. The molecule has 0 spiro atoms. The number of hydrogen-bond donors (Lipinski definition) is 1. The minimum Gasteiger partial charge on any atom is -0.327 e. The van der Waals surface area contributed by atoms with Gasteiger partial charge in [0.25, 0.3) is 0 Å². The summed E-state index contributed by atoms with van der Waals surface area (Å²) in [4.78, 5) is 0. The van der Waals surface area contributed by atoms with E-state index in [0.717, 1.165) is 22.3 Å². The Bertz CT molecular complexity index is 209. The fourth-order valence-corrected chi connectivity index (χ4v) is 5.01. The van der Waals surface area contributed by atoms with Gasteiger partial charge in [0.05, 0.1) is 0 Å². The largest absolute Gasteiger partial charge is 0.327 e. The van der Waals surface area contributed by atoms with Gasteiger partial charge in [-0.1, -0.05) is 26.7 Å². The summed E-state index contributed by atoms with van der Waals surface area (Å²) < 4.78 is 0. The van der Waals surface area contributed by atoms with E-state index < -0.39 is 0 Å². The molecule has 0 amide bonds. The van der Waals surface area contributed by atoms with Gasteiger partial charge in [-0.05, 0) is 43.9 Å². The van der Waals surface area contributed by atoms with Gasteiger partial charge in [-0.25, -0.2) is 0 Å². The molecular weight excluding hydrogens is 214 g/mol. The molecule has 2 rings (SSSR count). The maximum atomic E-state index is 6.30. The van der Waals surface area contributed by atoms with E-state index in [1.54, 1.807) is 0 Å². The molecule has 1 nitrogen and oxygen atoms in total.